The topological polar surface area (TPSA) is 21.6 Å². The van der Waals surface area contributed by atoms with Crippen molar-refractivity contribution in [3.05, 3.63) is 83.9 Å². The molecule has 0 amide bonds. The normalized spacial score (nSPS) is 11.7. The zero-order chi connectivity index (χ0) is 19.0. The summed E-state index contributed by atoms with van der Waals surface area (Å²) in [7, 11) is 2.78. The van der Waals surface area contributed by atoms with Gasteiger partial charge in [-0.3, -0.25) is 4.99 Å². The zero-order valence-electron chi connectivity index (χ0n) is 16.1. The summed E-state index contributed by atoms with van der Waals surface area (Å²) in [5, 5.41) is 0. The van der Waals surface area contributed by atoms with Crippen molar-refractivity contribution < 1.29 is 4.74 Å². The van der Waals surface area contributed by atoms with Gasteiger partial charge in [0.05, 0.1) is 13.2 Å². The number of rotatable bonds is 9. The second kappa shape index (κ2) is 14.4. The van der Waals surface area contributed by atoms with E-state index in [-0.39, 0.29) is 5.66 Å². The number of hydrogen-bond acceptors (Lipinski definition) is 2. The quantitative estimate of drug-likeness (QED) is 0.314. The average molecular weight is 369 g/mol. The lowest BCUT2D eigenvalue weighted by molar-refractivity contribution is 0.126. The Labute approximate surface area is 161 Å². The van der Waals surface area contributed by atoms with Gasteiger partial charge >= 0.3 is 0 Å². The zero-order valence-corrected chi connectivity index (χ0v) is 17.3. The first-order valence-electron chi connectivity index (χ1n) is 9.24. The highest BCUT2D eigenvalue weighted by Crippen LogP contribution is 2.14. The lowest BCUT2D eigenvalue weighted by Crippen LogP contribution is -2.11. The van der Waals surface area contributed by atoms with Gasteiger partial charge in [0.25, 0.3) is 0 Å². The third kappa shape index (κ3) is 10.3. The van der Waals surface area contributed by atoms with E-state index in [1.165, 1.54) is 11.1 Å². The van der Waals surface area contributed by atoms with E-state index in [4.69, 9.17) is 4.74 Å². The van der Waals surface area contributed by atoms with Crippen molar-refractivity contribution in [1.29, 1.82) is 0 Å². The minimum atomic E-state index is 0.289. The van der Waals surface area contributed by atoms with Crippen LogP contribution in [0.5, 0.6) is 0 Å². The number of benzene rings is 2. The Morgan fingerprint density at radius 3 is 2.12 bits per heavy atom. The number of ether oxygens (including phenoxy) is 1. The maximum absolute atomic E-state index is 5.68. The summed E-state index contributed by atoms with van der Waals surface area (Å²) < 4.78 is 5.68. The predicted molar refractivity (Wildman–Crippen MR) is 118 cm³/mol. The van der Waals surface area contributed by atoms with Gasteiger partial charge in [0.1, 0.15) is 0 Å². The highest BCUT2D eigenvalue weighted by atomic mass is 31.0. The molecular weight excluding hydrogens is 337 g/mol. The van der Waals surface area contributed by atoms with Crippen LogP contribution in [0.2, 0.25) is 0 Å². The SMILES string of the molecule is C=C(CC=NCC)[C@H](P)COCc1ccccc1.CCc1ccccc1. The highest BCUT2D eigenvalue weighted by Gasteiger charge is 2.06. The van der Waals surface area contributed by atoms with Gasteiger partial charge in [-0.15, -0.1) is 9.24 Å². The number of nitrogens with zero attached hydrogens (tertiary/aromatic N) is 1. The van der Waals surface area contributed by atoms with Gasteiger partial charge in [-0.2, -0.15) is 0 Å². The first kappa shape index (κ1) is 22.3. The Morgan fingerprint density at radius 1 is 1.04 bits per heavy atom. The standard InChI is InChI=1S/C15H22NOP.C8H10/c1-3-16-10-9-13(2)15(18)12-17-11-14-7-5-4-6-8-14;1-2-8-6-4-3-5-7-8/h4-8,10,15H,2-3,9,11-12,18H2,1H3;3-7H,2H2,1H3/t15-;/m1./s1. The van der Waals surface area contributed by atoms with Gasteiger partial charge in [-0.05, 0) is 24.5 Å². The van der Waals surface area contributed by atoms with E-state index < -0.39 is 0 Å². The van der Waals surface area contributed by atoms with Crippen LogP contribution in [0.15, 0.2) is 77.8 Å². The van der Waals surface area contributed by atoms with Crippen molar-refractivity contribution in [2.24, 2.45) is 4.99 Å². The summed E-state index contributed by atoms with van der Waals surface area (Å²) in [6.07, 6.45) is 3.90. The lowest BCUT2D eigenvalue weighted by Gasteiger charge is -2.13. The smallest absolute Gasteiger partial charge is 0.0717 e. The number of aryl methyl sites for hydroxylation is 1. The van der Waals surface area contributed by atoms with E-state index in [0.29, 0.717) is 13.2 Å². The second-order valence-corrected chi connectivity index (χ2v) is 6.79. The molecule has 0 radical (unpaired) electrons. The van der Waals surface area contributed by atoms with Gasteiger partial charge < -0.3 is 4.74 Å². The Hall–Kier alpha value is -1.76. The second-order valence-electron chi connectivity index (χ2n) is 5.99. The summed E-state index contributed by atoms with van der Waals surface area (Å²) in [6, 6.07) is 20.7. The Bertz CT molecular complexity index is 625. The summed E-state index contributed by atoms with van der Waals surface area (Å²) in [4.78, 5) is 4.19. The fourth-order valence-corrected chi connectivity index (χ4v) is 2.44. The molecule has 0 aliphatic carbocycles. The Morgan fingerprint density at radius 2 is 1.62 bits per heavy atom. The minimum absolute atomic E-state index is 0.289. The Balaban J connectivity index is 0.000000350. The molecule has 0 heterocycles. The van der Waals surface area contributed by atoms with Crippen molar-refractivity contribution in [2.45, 2.75) is 39.0 Å². The van der Waals surface area contributed by atoms with E-state index >= 15 is 0 Å². The average Bonchev–Trinajstić information content (AvgIpc) is 2.70. The molecule has 0 fully saturated rings. The van der Waals surface area contributed by atoms with Crippen LogP contribution in [0, 0.1) is 0 Å². The molecule has 2 rings (SSSR count). The molecule has 2 nitrogen and oxygen atoms in total. The monoisotopic (exact) mass is 369 g/mol. The van der Waals surface area contributed by atoms with Gasteiger partial charge in [0, 0.05) is 24.8 Å². The van der Waals surface area contributed by atoms with Crippen molar-refractivity contribution in [2.75, 3.05) is 13.2 Å². The van der Waals surface area contributed by atoms with Crippen LogP contribution in [0.3, 0.4) is 0 Å². The molecule has 2 atom stereocenters. The molecule has 0 saturated heterocycles. The maximum atomic E-state index is 5.68. The molecule has 0 aliphatic rings. The van der Waals surface area contributed by atoms with Crippen LogP contribution in [-0.4, -0.2) is 25.0 Å². The molecular formula is C23H32NOP. The molecule has 0 saturated carbocycles. The Kier molecular flexibility index (Phi) is 12.4. The maximum Gasteiger partial charge on any atom is 0.0717 e. The van der Waals surface area contributed by atoms with E-state index in [0.717, 1.165) is 25.0 Å². The van der Waals surface area contributed by atoms with Crippen molar-refractivity contribution in [3.8, 4) is 0 Å². The fourth-order valence-electron chi connectivity index (χ4n) is 2.17. The fraction of sp³-hybridized carbons (Fsp3) is 0.348. The van der Waals surface area contributed by atoms with E-state index in [1.807, 2.05) is 37.4 Å². The van der Waals surface area contributed by atoms with Gasteiger partial charge in [-0.25, -0.2) is 0 Å². The molecule has 26 heavy (non-hydrogen) atoms. The van der Waals surface area contributed by atoms with Crippen LogP contribution < -0.4 is 0 Å². The summed E-state index contributed by atoms with van der Waals surface area (Å²) in [6.45, 7) is 10.4. The molecule has 140 valence electrons. The molecule has 2 aromatic rings. The first-order valence-corrected chi connectivity index (χ1v) is 9.91. The summed E-state index contributed by atoms with van der Waals surface area (Å²) >= 11 is 0. The third-order valence-corrected chi connectivity index (χ3v) is 4.51. The molecule has 1 unspecified atom stereocenters. The molecule has 0 spiro atoms. The van der Waals surface area contributed by atoms with E-state index in [2.05, 4.69) is 64.1 Å². The van der Waals surface area contributed by atoms with Gasteiger partial charge in [-0.1, -0.05) is 79.7 Å². The first-order chi connectivity index (χ1) is 12.7. The van der Waals surface area contributed by atoms with Crippen molar-refractivity contribution in [3.63, 3.8) is 0 Å². The molecule has 0 N–H and O–H groups in total. The minimum Gasteiger partial charge on any atom is -0.376 e. The van der Waals surface area contributed by atoms with Gasteiger partial charge in [0.2, 0.25) is 0 Å². The largest absolute Gasteiger partial charge is 0.376 e. The van der Waals surface area contributed by atoms with Gasteiger partial charge in [0.15, 0.2) is 0 Å². The van der Waals surface area contributed by atoms with Crippen molar-refractivity contribution >= 4 is 15.5 Å². The molecule has 0 aliphatic heterocycles. The van der Waals surface area contributed by atoms with E-state index in [9.17, 15) is 0 Å². The third-order valence-electron chi connectivity index (χ3n) is 3.85. The highest BCUT2D eigenvalue weighted by molar-refractivity contribution is 7.18. The van der Waals surface area contributed by atoms with Crippen LogP contribution in [-0.2, 0) is 17.8 Å². The molecule has 0 bridgehead atoms. The van der Waals surface area contributed by atoms with E-state index in [1.54, 1.807) is 0 Å². The summed E-state index contributed by atoms with van der Waals surface area (Å²) in [5.41, 5.74) is 4.04. The number of hydrogen-bond donors (Lipinski definition) is 0. The van der Waals surface area contributed by atoms with Crippen molar-refractivity contribution in [1.82, 2.24) is 0 Å². The van der Waals surface area contributed by atoms with Crippen LogP contribution >= 0.6 is 9.24 Å². The molecule has 3 heteroatoms. The van der Waals surface area contributed by atoms with Crippen LogP contribution in [0.4, 0.5) is 0 Å². The summed E-state index contributed by atoms with van der Waals surface area (Å²) in [5.74, 6) is 0. The number of aliphatic imine (C=N–C) groups is 1. The van der Waals surface area contributed by atoms with Crippen LogP contribution in [0.1, 0.15) is 31.4 Å². The molecule has 2 aromatic carbocycles. The predicted octanol–water partition coefficient (Wildman–Crippen LogP) is 5.73. The van der Waals surface area contributed by atoms with Crippen LogP contribution in [0.25, 0.3) is 0 Å². The lowest BCUT2D eigenvalue weighted by atomic mass is 10.1. The molecule has 0 aromatic heterocycles.